The Balaban J connectivity index is 3.81. The Morgan fingerprint density at radius 2 is 1.17 bits per heavy atom. The van der Waals surface area contributed by atoms with Crippen molar-refractivity contribution < 1.29 is 32.5 Å². The first kappa shape index (κ1) is 41.5. The number of hydrogen-bond acceptors (Lipinski definition) is 5. The Hall–Kier alpha value is -0.530. The van der Waals surface area contributed by atoms with E-state index < -0.39 is 19.5 Å². The maximum atomic E-state index is 12.2. The fourth-order valence-electron chi connectivity index (χ4n) is 4.32. The van der Waals surface area contributed by atoms with Crippen LogP contribution in [-0.2, 0) is 23.1 Å². The molecule has 0 rings (SSSR count). The highest BCUT2D eigenvalue weighted by Gasteiger charge is 2.27. The number of hydrogen-bond donors (Lipinski definition) is 1. The zero-order valence-corrected chi connectivity index (χ0v) is 29.5. The van der Waals surface area contributed by atoms with Gasteiger partial charge in [0.25, 0.3) is 0 Å². The summed E-state index contributed by atoms with van der Waals surface area (Å²) in [6.07, 6.45) is 29.2. The summed E-state index contributed by atoms with van der Waals surface area (Å²) in [5.74, 6) is 0. The van der Waals surface area contributed by atoms with Crippen LogP contribution in [0.25, 0.3) is 0 Å². The van der Waals surface area contributed by atoms with Crippen molar-refractivity contribution in [3.63, 3.8) is 0 Å². The van der Waals surface area contributed by atoms with Crippen molar-refractivity contribution in [2.75, 3.05) is 54.1 Å². The first-order valence-corrected chi connectivity index (χ1v) is 18.3. The fraction of sp³-hybridized carbons (Fsp3) is 0.882. The monoisotopic (exact) mass is 618 g/mol. The Labute approximate surface area is 260 Å². The number of allylic oxidation sites excluding steroid dienone is 4. The predicted molar refractivity (Wildman–Crippen MR) is 178 cm³/mol. The van der Waals surface area contributed by atoms with Crippen molar-refractivity contribution in [1.82, 2.24) is 0 Å². The molecule has 0 heterocycles. The maximum absolute atomic E-state index is 12.2. The molecule has 0 aliphatic heterocycles. The number of nitrogens with zero attached hydrogens (tertiary/aromatic N) is 1. The molecule has 8 heteroatoms. The van der Waals surface area contributed by atoms with Crippen LogP contribution in [0.2, 0.25) is 0 Å². The van der Waals surface area contributed by atoms with E-state index in [1.807, 2.05) is 41.9 Å². The summed E-state index contributed by atoms with van der Waals surface area (Å²) in [4.78, 5) is 10.0. The van der Waals surface area contributed by atoms with E-state index in [1.165, 1.54) is 83.5 Å². The van der Waals surface area contributed by atoms with Crippen molar-refractivity contribution in [2.24, 2.45) is 0 Å². The third-order valence-electron chi connectivity index (χ3n) is 6.72. The molecule has 42 heavy (non-hydrogen) atoms. The van der Waals surface area contributed by atoms with E-state index in [4.69, 9.17) is 18.5 Å². The van der Waals surface area contributed by atoms with Gasteiger partial charge in [0, 0.05) is 6.61 Å². The van der Waals surface area contributed by atoms with Gasteiger partial charge in [-0.15, -0.1) is 0 Å². The molecule has 0 aliphatic rings. The average Bonchev–Trinajstić information content (AvgIpc) is 2.88. The minimum Gasteiger partial charge on any atom is -0.379 e. The highest BCUT2D eigenvalue weighted by molar-refractivity contribution is 7.47. The Morgan fingerprint density at radius 1 is 0.690 bits per heavy atom. The van der Waals surface area contributed by atoms with Crippen molar-refractivity contribution in [3.05, 3.63) is 24.3 Å². The molecule has 7 nitrogen and oxygen atoms in total. The normalized spacial score (nSPS) is 15.1. The fourth-order valence-corrected chi connectivity index (χ4v) is 5.06. The van der Waals surface area contributed by atoms with Crippen LogP contribution >= 0.6 is 7.82 Å². The molecular formula is C34H69NO6P+. The first-order valence-electron chi connectivity index (χ1n) is 16.8. The van der Waals surface area contributed by atoms with Crippen molar-refractivity contribution >= 4 is 7.82 Å². The molecular weight excluding hydrogens is 549 g/mol. The summed E-state index contributed by atoms with van der Waals surface area (Å²) in [6.45, 7) is 9.71. The molecule has 0 spiro atoms. The van der Waals surface area contributed by atoms with Crippen LogP contribution in [0.5, 0.6) is 0 Å². The molecule has 0 aliphatic carbocycles. The van der Waals surface area contributed by atoms with Crippen LogP contribution < -0.4 is 0 Å². The van der Waals surface area contributed by atoms with Gasteiger partial charge in [0.15, 0.2) is 0 Å². The summed E-state index contributed by atoms with van der Waals surface area (Å²) in [5, 5.41) is 0. The smallest absolute Gasteiger partial charge is 0.379 e. The third kappa shape index (κ3) is 32.4. The standard InChI is InChI=1S/C34H68NO6P/c1-8-9-10-11-12-13-14-15-16-17-18-19-20-21-22-23-24-25-26-27-29-38-31-33(41-34(2,3)4)32-40-42(36,37)39-30-28-35(5,6)7/h11-12,23-24,33H,8-10,13-22,25-32H2,1-7H3/p+1/b12-11-,24-23-/t33-/m1/s1. The van der Waals surface area contributed by atoms with E-state index >= 15 is 0 Å². The average molecular weight is 619 g/mol. The topological polar surface area (TPSA) is 74.2 Å². The molecule has 2 atom stereocenters. The summed E-state index contributed by atoms with van der Waals surface area (Å²) in [6, 6.07) is 0. The molecule has 0 fully saturated rings. The van der Waals surface area contributed by atoms with Crippen molar-refractivity contribution in [1.29, 1.82) is 0 Å². The van der Waals surface area contributed by atoms with Crippen LogP contribution in [0.1, 0.15) is 130 Å². The largest absolute Gasteiger partial charge is 0.472 e. The van der Waals surface area contributed by atoms with Gasteiger partial charge in [-0.2, -0.15) is 0 Å². The lowest BCUT2D eigenvalue weighted by molar-refractivity contribution is -0.870. The zero-order chi connectivity index (χ0) is 31.6. The second-order valence-corrected chi connectivity index (χ2v) is 15.0. The van der Waals surface area contributed by atoms with Gasteiger partial charge in [-0.05, 0) is 72.1 Å². The lowest BCUT2D eigenvalue weighted by Crippen LogP contribution is -2.37. The van der Waals surface area contributed by atoms with Crippen LogP contribution in [-0.4, -0.2) is 75.2 Å². The van der Waals surface area contributed by atoms with Gasteiger partial charge < -0.3 is 18.9 Å². The van der Waals surface area contributed by atoms with E-state index in [2.05, 4.69) is 31.2 Å². The molecule has 0 aromatic heterocycles. The SMILES string of the molecule is CCCC/C=C\CCCCCCCCCC/C=C\CCCCOC[C@H](COP(=O)(O)OCC[N+](C)(C)C)OC(C)(C)C. The second kappa shape index (κ2) is 25.8. The molecule has 0 radical (unpaired) electrons. The quantitative estimate of drug-likeness (QED) is 0.0390. The summed E-state index contributed by atoms with van der Waals surface area (Å²) >= 11 is 0. The van der Waals surface area contributed by atoms with E-state index in [-0.39, 0.29) is 13.2 Å². The van der Waals surface area contributed by atoms with E-state index in [0.717, 1.165) is 19.3 Å². The lowest BCUT2D eigenvalue weighted by atomic mass is 10.1. The first-order chi connectivity index (χ1) is 19.8. The Morgan fingerprint density at radius 3 is 1.64 bits per heavy atom. The van der Waals surface area contributed by atoms with Gasteiger partial charge in [0.05, 0.1) is 40.0 Å². The molecule has 0 aromatic rings. The van der Waals surface area contributed by atoms with Gasteiger partial charge in [-0.25, -0.2) is 4.57 Å². The summed E-state index contributed by atoms with van der Waals surface area (Å²) < 4.78 is 35.0. The molecule has 0 amide bonds. The number of likely N-dealkylation sites (N-methyl/N-ethyl adjacent to an activating group) is 1. The summed E-state index contributed by atoms with van der Waals surface area (Å²) in [7, 11) is 1.85. The van der Waals surface area contributed by atoms with Crippen molar-refractivity contribution in [3.8, 4) is 0 Å². The number of phosphoric acid groups is 1. The second-order valence-electron chi connectivity index (χ2n) is 13.5. The molecule has 0 aromatic carbocycles. The summed E-state index contributed by atoms with van der Waals surface area (Å²) in [5.41, 5.74) is -0.419. The number of rotatable bonds is 29. The van der Waals surface area contributed by atoms with E-state index in [0.29, 0.717) is 24.2 Å². The maximum Gasteiger partial charge on any atom is 0.472 e. The lowest BCUT2D eigenvalue weighted by Gasteiger charge is -2.28. The number of quaternary nitrogens is 1. The number of ether oxygens (including phenoxy) is 2. The predicted octanol–water partition coefficient (Wildman–Crippen LogP) is 9.40. The van der Waals surface area contributed by atoms with Crippen LogP contribution in [0, 0.1) is 0 Å². The van der Waals surface area contributed by atoms with Gasteiger partial charge in [0.1, 0.15) is 19.3 Å². The van der Waals surface area contributed by atoms with Crippen LogP contribution in [0.4, 0.5) is 0 Å². The molecule has 250 valence electrons. The molecule has 1 unspecified atom stereocenters. The van der Waals surface area contributed by atoms with Crippen LogP contribution in [0.3, 0.4) is 0 Å². The molecule has 1 N–H and O–H groups in total. The van der Waals surface area contributed by atoms with Gasteiger partial charge in [-0.3, -0.25) is 9.05 Å². The minimum atomic E-state index is -4.14. The highest BCUT2D eigenvalue weighted by atomic mass is 31.2. The Bertz CT molecular complexity index is 714. The minimum absolute atomic E-state index is 0.0603. The van der Waals surface area contributed by atoms with Gasteiger partial charge in [0.2, 0.25) is 0 Å². The van der Waals surface area contributed by atoms with Crippen LogP contribution in [0.15, 0.2) is 24.3 Å². The third-order valence-corrected chi connectivity index (χ3v) is 7.71. The zero-order valence-electron chi connectivity index (χ0n) is 28.6. The number of unbranched alkanes of at least 4 members (excludes halogenated alkanes) is 13. The van der Waals surface area contributed by atoms with Gasteiger partial charge in [-0.1, -0.05) is 82.6 Å². The van der Waals surface area contributed by atoms with E-state index in [9.17, 15) is 9.46 Å². The highest BCUT2D eigenvalue weighted by Crippen LogP contribution is 2.43. The molecule has 0 bridgehead atoms. The Kier molecular flexibility index (Phi) is 25.4. The molecule has 0 saturated carbocycles. The molecule has 0 saturated heterocycles. The van der Waals surface area contributed by atoms with Crippen molar-refractivity contribution in [2.45, 2.75) is 142 Å². The van der Waals surface area contributed by atoms with Gasteiger partial charge >= 0.3 is 7.82 Å². The van der Waals surface area contributed by atoms with E-state index in [1.54, 1.807) is 0 Å². The number of phosphoric ester groups is 1.